The molecule has 0 spiro atoms. The van der Waals surface area contributed by atoms with E-state index in [1.165, 1.54) is 79.9 Å². The van der Waals surface area contributed by atoms with Crippen LogP contribution in [0.3, 0.4) is 0 Å². The highest BCUT2D eigenvalue weighted by atomic mass is 32.2. The molecular formula is C16H25N3O4S2. The molecule has 2 bridgehead atoms. The second-order valence-electron chi connectivity index (χ2n) is 6.52. The van der Waals surface area contributed by atoms with Crippen molar-refractivity contribution in [1.82, 2.24) is 8.75 Å². The lowest BCUT2D eigenvalue weighted by molar-refractivity contribution is -0.893. The molecule has 9 heteroatoms. The zero-order valence-electron chi connectivity index (χ0n) is 14.4. The average Bonchev–Trinajstić information content (AvgIpc) is 3.16. The van der Waals surface area contributed by atoms with Gasteiger partial charge < -0.3 is 19.9 Å². The predicted octanol–water partition coefficient (Wildman–Crippen LogP) is 0.0334. The zero-order valence-corrected chi connectivity index (χ0v) is 16.0. The molecule has 1 aromatic rings. The summed E-state index contributed by atoms with van der Waals surface area (Å²) in [6.07, 6.45) is 6.76. The molecule has 140 valence electrons. The number of thioether (sulfide) groups is 1. The van der Waals surface area contributed by atoms with Gasteiger partial charge in [0.25, 0.3) is 0 Å². The van der Waals surface area contributed by atoms with E-state index < -0.39 is 11.9 Å². The fourth-order valence-corrected chi connectivity index (χ4v) is 5.32. The van der Waals surface area contributed by atoms with Crippen LogP contribution in [-0.4, -0.2) is 51.2 Å². The number of fused-ring (bicyclic) bond motifs is 2. The molecule has 7 nitrogen and oxygen atoms in total. The molecule has 2 aliphatic heterocycles. The molecular weight excluding hydrogens is 362 g/mol. The number of hydrogen-bond acceptors (Lipinski definition) is 7. The van der Waals surface area contributed by atoms with Gasteiger partial charge in [-0.25, -0.2) is 4.79 Å². The van der Waals surface area contributed by atoms with E-state index in [-0.39, 0.29) is 0 Å². The fourth-order valence-electron chi connectivity index (χ4n) is 3.55. The Kier molecular flexibility index (Phi) is 8.11. The maximum absolute atomic E-state index is 9.04. The molecule has 0 saturated carbocycles. The first kappa shape index (κ1) is 20.1. The Balaban J connectivity index is 0.000000326. The van der Waals surface area contributed by atoms with Gasteiger partial charge in [-0.2, -0.15) is 8.75 Å². The number of rotatable bonds is 6. The molecule has 0 amide bonds. The van der Waals surface area contributed by atoms with Gasteiger partial charge in [0.05, 0.1) is 43.0 Å². The second-order valence-corrected chi connectivity index (χ2v) is 8.13. The number of hydrogen-bond donors (Lipinski definition) is 2. The van der Waals surface area contributed by atoms with Crippen LogP contribution in [0.25, 0.3) is 0 Å². The standard InChI is InChI=1S/C14H23N3S2.C2H2O4/c1-2-3-4-8-18-14-13(15-19-16-14)12-10-17-7-5-6-11(12)9-17;3-1(4)2(5)6/h11-12H,2-10H2,1H3;(H,3,4)(H,5,6)/t11-,12-;/m0./s1. The van der Waals surface area contributed by atoms with E-state index in [9.17, 15) is 0 Å². The molecule has 2 saturated heterocycles. The first-order valence-corrected chi connectivity index (χ1v) is 10.5. The van der Waals surface area contributed by atoms with Gasteiger partial charge in [-0.3, -0.25) is 0 Å². The van der Waals surface area contributed by atoms with Crippen molar-refractivity contribution < 1.29 is 24.7 Å². The largest absolute Gasteiger partial charge is 0.539 e. The van der Waals surface area contributed by atoms with Gasteiger partial charge in [0, 0.05) is 5.92 Å². The number of carbonyl (C=O) groups is 2. The van der Waals surface area contributed by atoms with Crippen LogP contribution in [0, 0.1) is 5.92 Å². The third kappa shape index (κ3) is 5.93. The Morgan fingerprint density at radius 2 is 2.12 bits per heavy atom. The number of aliphatic carboxylic acids is 2. The van der Waals surface area contributed by atoms with Crippen LogP contribution in [0.15, 0.2) is 5.03 Å². The molecule has 0 aliphatic carbocycles. The first-order valence-electron chi connectivity index (χ1n) is 8.76. The van der Waals surface area contributed by atoms with Crippen LogP contribution < -0.4 is 10.0 Å². The zero-order chi connectivity index (χ0) is 18.2. The first-order chi connectivity index (χ1) is 12.0. The summed E-state index contributed by atoms with van der Waals surface area (Å²) in [7, 11) is 0. The van der Waals surface area contributed by atoms with Crippen molar-refractivity contribution in [2.75, 3.05) is 25.4 Å². The van der Waals surface area contributed by atoms with Gasteiger partial charge in [0.1, 0.15) is 5.03 Å². The van der Waals surface area contributed by atoms with Crippen molar-refractivity contribution in [3.63, 3.8) is 0 Å². The number of nitrogens with one attached hydrogen (secondary N) is 1. The van der Waals surface area contributed by atoms with Crippen LogP contribution in [0.4, 0.5) is 0 Å². The Labute approximate surface area is 156 Å². The molecule has 0 radical (unpaired) electrons. The van der Waals surface area contributed by atoms with Gasteiger partial charge in [-0.1, -0.05) is 19.8 Å². The normalized spacial score (nSPS) is 24.4. The second kappa shape index (κ2) is 10.1. The van der Waals surface area contributed by atoms with E-state index in [0.29, 0.717) is 5.92 Å². The van der Waals surface area contributed by atoms with E-state index in [1.807, 2.05) is 11.8 Å². The maximum atomic E-state index is 9.04. The molecule has 25 heavy (non-hydrogen) atoms. The van der Waals surface area contributed by atoms with Gasteiger partial charge in [-0.15, -0.1) is 11.8 Å². The number of unbranched alkanes of at least 4 members (excludes halogenated alkanes) is 2. The summed E-state index contributed by atoms with van der Waals surface area (Å²) in [6.45, 7) is 6.32. The number of aromatic nitrogens is 2. The fraction of sp³-hybridized carbons (Fsp3) is 0.750. The number of nitrogens with zero attached hydrogens (tertiary/aromatic N) is 2. The monoisotopic (exact) mass is 387 g/mol. The number of carboxylic acids is 2. The summed E-state index contributed by atoms with van der Waals surface area (Å²) in [5, 5.41) is 17.6. The lowest BCUT2D eigenvalue weighted by Crippen LogP contribution is -3.11. The number of quaternary nitrogens is 1. The van der Waals surface area contributed by atoms with Crippen LogP contribution in [0.5, 0.6) is 0 Å². The molecule has 1 aromatic heterocycles. The summed E-state index contributed by atoms with van der Waals surface area (Å²) >= 11 is 3.36. The van der Waals surface area contributed by atoms with Gasteiger partial charge in [0.2, 0.25) is 0 Å². The number of carboxylic acid groups (broad SMARTS) is 2. The summed E-state index contributed by atoms with van der Waals surface area (Å²) < 4.78 is 9.21. The van der Waals surface area contributed by atoms with E-state index in [2.05, 4.69) is 15.7 Å². The number of piperidine rings is 1. The van der Waals surface area contributed by atoms with E-state index in [1.54, 1.807) is 4.90 Å². The molecule has 1 unspecified atom stereocenters. The Morgan fingerprint density at radius 1 is 1.36 bits per heavy atom. The molecule has 2 aliphatic rings. The molecule has 3 rings (SSSR count). The average molecular weight is 388 g/mol. The highest BCUT2D eigenvalue weighted by molar-refractivity contribution is 7.99. The van der Waals surface area contributed by atoms with Gasteiger partial charge >= 0.3 is 5.97 Å². The van der Waals surface area contributed by atoms with Crippen molar-refractivity contribution in [2.45, 2.75) is 50.0 Å². The third-order valence-corrected chi connectivity index (χ3v) is 6.45. The summed E-state index contributed by atoms with van der Waals surface area (Å²) in [5.74, 6) is -1.22. The van der Waals surface area contributed by atoms with Crippen molar-refractivity contribution in [3.8, 4) is 0 Å². The van der Waals surface area contributed by atoms with Crippen molar-refractivity contribution in [2.24, 2.45) is 5.92 Å². The van der Waals surface area contributed by atoms with E-state index in [4.69, 9.17) is 19.8 Å². The minimum atomic E-state index is -2.07. The lowest BCUT2D eigenvalue weighted by Gasteiger charge is -2.18. The predicted molar refractivity (Wildman–Crippen MR) is 93.8 cm³/mol. The quantitative estimate of drug-likeness (QED) is 0.403. The van der Waals surface area contributed by atoms with Crippen LogP contribution >= 0.6 is 23.5 Å². The van der Waals surface area contributed by atoms with Crippen molar-refractivity contribution in [1.29, 1.82) is 0 Å². The van der Waals surface area contributed by atoms with Crippen LogP contribution in [0.1, 0.15) is 50.6 Å². The topological polar surface area (TPSA) is 108 Å². The number of carbonyl (C=O) groups excluding carboxylic acids is 1. The molecule has 0 aromatic carbocycles. The molecule has 3 atom stereocenters. The van der Waals surface area contributed by atoms with Crippen molar-refractivity contribution in [3.05, 3.63) is 5.69 Å². The highest BCUT2D eigenvalue weighted by Crippen LogP contribution is 2.35. The lowest BCUT2D eigenvalue weighted by atomic mass is 9.89. The van der Waals surface area contributed by atoms with E-state index in [0.717, 1.165) is 5.92 Å². The summed E-state index contributed by atoms with van der Waals surface area (Å²) in [4.78, 5) is 19.8. The van der Waals surface area contributed by atoms with Crippen LogP contribution in [0.2, 0.25) is 0 Å². The van der Waals surface area contributed by atoms with E-state index >= 15 is 0 Å². The Bertz CT molecular complexity index is 569. The van der Waals surface area contributed by atoms with Gasteiger partial charge in [0.15, 0.2) is 5.97 Å². The summed E-state index contributed by atoms with van der Waals surface area (Å²) in [6, 6.07) is 0. The minimum Gasteiger partial charge on any atom is -0.539 e. The Morgan fingerprint density at radius 3 is 2.76 bits per heavy atom. The van der Waals surface area contributed by atoms with Crippen LogP contribution in [-0.2, 0) is 9.59 Å². The minimum absolute atomic E-state index is 0.699. The SMILES string of the molecule is CCCCCSc1nsnc1[C@H]1C[NH+]2CCC[C@H]1C2.O=C([O-])C(=O)O. The third-order valence-electron chi connectivity index (χ3n) is 4.73. The van der Waals surface area contributed by atoms with Gasteiger partial charge in [-0.05, 0) is 25.0 Å². The summed E-state index contributed by atoms with van der Waals surface area (Å²) in [5.41, 5.74) is 1.34. The smallest absolute Gasteiger partial charge is 0.351 e. The molecule has 3 heterocycles. The van der Waals surface area contributed by atoms with Crippen molar-refractivity contribution >= 4 is 35.4 Å². The molecule has 2 N–H and O–H groups in total. The maximum Gasteiger partial charge on any atom is 0.351 e. The Hall–Kier alpha value is -1.19. The highest BCUT2D eigenvalue weighted by Gasteiger charge is 2.42. The molecule has 2 fully saturated rings.